The quantitative estimate of drug-likeness (QED) is 0.824. The van der Waals surface area contributed by atoms with Gasteiger partial charge >= 0.3 is 0 Å². The van der Waals surface area contributed by atoms with Crippen LogP contribution in [0.15, 0.2) is 23.2 Å². The van der Waals surface area contributed by atoms with Gasteiger partial charge in [-0.2, -0.15) is 5.26 Å². The summed E-state index contributed by atoms with van der Waals surface area (Å²) in [5.74, 6) is 0. The third kappa shape index (κ3) is 4.59. The molecule has 1 aromatic heterocycles. The van der Waals surface area contributed by atoms with Crippen molar-refractivity contribution in [1.82, 2.24) is 14.6 Å². The van der Waals surface area contributed by atoms with Crippen LogP contribution in [0.4, 0.5) is 0 Å². The van der Waals surface area contributed by atoms with E-state index in [1.54, 1.807) is 13.0 Å². The molecule has 1 atom stereocenters. The molecule has 0 amide bonds. The molecule has 0 aliphatic rings. The first-order chi connectivity index (χ1) is 8.86. The van der Waals surface area contributed by atoms with E-state index >= 15 is 0 Å². The van der Waals surface area contributed by atoms with E-state index in [2.05, 4.69) is 9.71 Å². The number of nitrogens with zero attached hydrogens (tertiary/aromatic N) is 3. The second kappa shape index (κ2) is 6.61. The molecule has 0 fully saturated rings. The van der Waals surface area contributed by atoms with Crippen LogP contribution in [0.1, 0.15) is 19.0 Å². The molecule has 0 bridgehead atoms. The summed E-state index contributed by atoms with van der Waals surface area (Å²) in [7, 11) is 0.150. The standard InChI is InChI=1S/C12H18N4O2S/c1-10(6-8-16(2)3)15-19(17,18)12-5-4-7-14-11(12)9-13/h4-5,7,10,15H,6,8H2,1-3H3. The molecule has 19 heavy (non-hydrogen) atoms. The van der Waals surface area contributed by atoms with Crippen LogP contribution in [0.2, 0.25) is 0 Å². The second-order valence-corrected chi connectivity index (χ2v) is 6.26. The third-order valence-electron chi connectivity index (χ3n) is 2.53. The molecule has 0 aliphatic heterocycles. The Morgan fingerprint density at radius 2 is 2.21 bits per heavy atom. The highest BCUT2D eigenvalue weighted by molar-refractivity contribution is 7.89. The Labute approximate surface area is 114 Å². The Morgan fingerprint density at radius 3 is 2.79 bits per heavy atom. The highest BCUT2D eigenvalue weighted by atomic mass is 32.2. The van der Waals surface area contributed by atoms with Gasteiger partial charge in [-0.05, 0) is 46.1 Å². The number of hydrogen-bond donors (Lipinski definition) is 1. The Hall–Kier alpha value is -1.49. The van der Waals surface area contributed by atoms with Crippen molar-refractivity contribution in [2.45, 2.75) is 24.3 Å². The molecule has 1 N–H and O–H groups in total. The van der Waals surface area contributed by atoms with Gasteiger partial charge in [0, 0.05) is 12.2 Å². The predicted octanol–water partition coefficient (Wildman–Crippen LogP) is 0.572. The van der Waals surface area contributed by atoms with Crippen LogP contribution >= 0.6 is 0 Å². The molecular weight excluding hydrogens is 264 g/mol. The summed E-state index contributed by atoms with van der Waals surface area (Å²) < 4.78 is 26.9. The molecule has 0 aliphatic carbocycles. The highest BCUT2D eigenvalue weighted by Gasteiger charge is 2.21. The minimum Gasteiger partial charge on any atom is -0.309 e. The summed E-state index contributed by atoms with van der Waals surface area (Å²) in [5.41, 5.74) is -0.0881. The minimum atomic E-state index is -3.70. The third-order valence-corrected chi connectivity index (χ3v) is 4.15. The fourth-order valence-corrected chi connectivity index (χ4v) is 2.92. The van der Waals surface area contributed by atoms with Crippen LogP contribution in [0.3, 0.4) is 0 Å². The summed E-state index contributed by atoms with van der Waals surface area (Å²) in [6.07, 6.45) is 2.08. The van der Waals surface area contributed by atoms with Crippen molar-refractivity contribution >= 4 is 10.0 Å². The molecule has 0 saturated carbocycles. The van der Waals surface area contributed by atoms with Crippen LogP contribution in [-0.2, 0) is 10.0 Å². The van der Waals surface area contributed by atoms with Crippen molar-refractivity contribution in [1.29, 1.82) is 5.26 Å². The Kier molecular flexibility index (Phi) is 5.42. The van der Waals surface area contributed by atoms with Crippen LogP contribution in [0.5, 0.6) is 0 Å². The van der Waals surface area contributed by atoms with E-state index in [9.17, 15) is 8.42 Å². The molecule has 0 spiro atoms. The molecule has 0 aromatic carbocycles. The zero-order valence-corrected chi connectivity index (χ0v) is 12.1. The van der Waals surface area contributed by atoms with Gasteiger partial charge in [0.25, 0.3) is 0 Å². The molecule has 7 heteroatoms. The number of hydrogen-bond acceptors (Lipinski definition) is 5. The van der Waals surface area contributed by atoms with Gasteiger partial charge in [-0.25, -0.2) is 18.1 Å². The molecular formula is C12H18N4O2S. The Balaban J connectivity index is 2.84. The monoisotopic (exact) mass is 282 g/mol. The molecule has 6 nitrogen and oxygen atoms in total. The maximum Gasteiger partial charge on any atom is 0.243 e. The number of aromatic nitrogens is 1. The molecule has 1 rings (SSSR count). The maximum absolute atomic E-state index is 12.2. The molecule has 104 valence electrons. The van der Waals surface area contributed by atoms with E-state index in [1.807, 2.05) is 19.0 Å². The van der Waals surface area contributed by atoms with Gasteiger partial charge in [0.1, 0.15) is 11.0 Å². The van der Waals surface area contributed by atoms with Crippen molar-refractivity contribution in [3.63, 3.8) is 0 Å². The zero-order chi connectivity index (χ0) is 14.5. The average Bonchev–Trinajstić information content (AvgIpc) is 2.35. The molecule has 0 saturated heterocycles. The average molecular weight is 282 g/mol. The summed E-state index contributed by atoms with van der Waals surface area (Å²) >= 11 is 0. The van der Waals surface area contributed by atoms with Crippen molar-refractivity contribution in [2.75, 3.05) is 20.6 Å². The predicted molar refractivity (Wildman–Crippen MR) is 71.9 cm³/mol. The van der Waals surface area contributed by atoms with E-state index in [4.69, 9.17) is 5.26 Å². The lowest BCUT2D eigenvalue weighted by atomic mass is 10.2. The van der Waals surface area contributed by atoms with Gasteiger partial charge in [0.2, 0.25) is 10.0 Å². The lowest BCUT2D eigenvalue weighted by molar-refractivity contribution is 0.379. The maximum atomic E-state index is 12.2. The van der Waals surface area contributed by atoms with Crippen molar-refractivity contribution < 1.29 is 8.42 Å². The molecule has 1 aromatic rings. The number of rotatable bonds is 6. The summed E-state index contributed by atoms with van der Waals surface area (Å²) in [6, 6.07) is 4.46. The van der Waals surface area contributed by atoms with Crippen molar-refractivity contribution in [3.8, 4) is 6.07 Å². The molecule has 1 heterocycles. The van der Waals surface area contributed by atoms with Gasteiger partial charge in [0.15, 0.2) is 5.69 Å². The fraction of sp³-hybridized carbons (Fsp3) is 0.500. The first kappa shape index (κ1) is 15.6. The van der Waals surface area contributed by atoms with Crippen molar-refractivity contribution in [3.05, 3.63) is 24.0 Å². The first-order valence-corrected chi connectivity index (χ1v) is 7.37. The number of nitrogens with one attached hydrogen (secondary N) is 1. The summed E-state index contributed by atoms with van der Waals surface area (Å²) in [4.78, 5) is 5.66. The zero-order valence-electron chi connectivity index (χ0n) is 11.3. The fourth-order valence-electron chi connectivity index (χ4n) is 1.53. The largest absolute Gasteiger partial charge is 0.309 e. The van der Waals surface area contributed by atoms with Crippen molar-refractivity contribution in [2.24, 2.45) is 0 Å². The number of sulfonamides is 1. The van der Waals surface area contributed by atoms with E-state index in [1.165, 1.54) is 18.3 Å². The number of pyridine rings is 1. The van der Waals surface area contributed by atoms with Crippen LogP contribution in [0.25, 0.3) is 0 Å². The van der Waals surface area contributed by atoms with Crippen LogP contribution in [0, 0.1) is 11.3 Å². The van der Waals surface area contributed by atoms with E-state index < -0.39 is 10.0 Å². The summed E-state index contributed by atoms with van der Waals surface area (Å²) in [6.45, 7) is 2.57. The van der Waals surface area contributed by atoms with Gasteiger partial charge in [-0.3, -0.25) is 0 Å². The van der Waals surface area contributed by atoms with Gasteiger partial charge in [-0.1, -0.05) is 0 Å². The van der Waals surface area contributed by atoms with Gasteiger partial charge in [-0.15, -0.1) is 0 Å². The lowest BCUT2D eigenvalue weighted by Gasteiger charge is -2.17. The Morgan fingerprint density at radius 1 is 1.53 bits per heavy atom. The number of nitriles is 1. The Bertz CT molecular complexity index is 563. The second-order valence-electron chi connectivity index (χ2n) is 4.58. The SMILES string of the molecule is CC(CCN(C)C)NS(=O)(=O)c1cccnc1C#N. The van der Waals surface area contributed by atoms with Crippen LogP contribution < -0.4 is 4.72 Å². The molecule has 0 radical (unpaired) electrons. The summed E-state index contributed by atoms with van der Waals surface area (Å²) in [5, 5.41) is 8.88. The van der Waals surface area contributed by atoms with E-state index in [-0.39, 0.29) is 16.6 Å². The lowest BCUT2D eigenvalue weighted by Crippen LogP contribution is -2.35. The molecule has 1 unspecified atom stereocenters. The van der Waals surface area contributed by atoms with Crippen LogP contribution in [-0.4, -0.2) is 45.0 Å². The first-order valence-electron chi connectivity index (χ1n) is 5.89. The van der Waals surface area contributed by atoms with E-state index in [0.29, 0.717) is 6.42 Å². The van der Waals surface area contributed by atoms with Gasteiger partial charge < -0.3 is 4.90 Å². The van der Waals surface area contributed by atoms with E-state index in [0.717, 1.165) is 6.54 Å². The smallest absolute Gasteiger partial charge is 0.243 e. The minimum absolute atomic E-state index is 0.0748. The topological polar surface area (TPSA) is 86.1 Å². The normalized spacial score (nSPS) is 13.2. The van der Waals surface area contributed by atoms with Gasteiger partial charge in [0.05, 0.1) is 0 Å². The highest BCUT2D eigenvalue weighted by Crippen LogP contribution is 2.12.